The van der Waals surface area contributed by atoms with Gasteiger partial charge >= 0.3 is 0 Å². The molecular formula is C16H24FNO2. The van der Waals surface area contributed by atoms with E-state index in [2.05, 4.69) is 12.2 Å². The highest BCUT2D eigenvalue weighted by Crippen LogP contribution is 2.33. The average molecular weight is 281 g/mol. The van der Waals surface area contributed by atoms with Crippen LogP contribution in [0.15, 0.2) is 18.2 Å². The zero-order valence-electron chi connectivity index (χ0n) is 12.3. The van der Waals surface area contributed by atoms with Crippen molar-refractivity contribution in [2.24, 2.45) is 0 Å². The molecule has 112 valence electrons. The van der Waals surface area contributed by atoms with E-state index >= 15 is 0 Å². The first-order chi connectivity index (χ1) is 9.60. The fraction of sp³-hybridized carbons (Fsp3) is 0.625. The number of hydrogen-bond acceptors (Lipinski definition) is 3. The Kier molecular flexibility index (Phi) is 5.00. The molecule has 1 aliphatic rings. The molecule has 2 atom stereocenters. The summed E-state index contributed by atoms with van der Waals surface area (Å²) in [6, 6.07) is 5.20. The van der Waals surface area contributed by atoms with Crippen LogP contribution >= 0.6 is 0 Å². The van der Waals surface area contributed by atoms with Crippen molar-refractivity contribution in [1.82, 2.24) is 5.32 Å². The van der Waals surface area contributed by atoms with Gasteiger partial charge < -0.3 is 15.2 Å². The van der Waals surface area contributed by atoms with Gasteiger partial charge in [0.2, 0.25) is 0 Å². The van der Waals surface area contributed by atoms with Gasteiger partial charge in [-0.3, -0.25) is 0 Å². The van der Waals surface area contributed by atoms with E-state index in [9.17, 15) is 9.50 Å². The molecule has 1 fully saturated rings. The highest BCUT2D eigenvalue weighted by Gasteiger charge is 2.39. The summed E-state index contributed by atoms with van der Waals surface area (Å²) < 4.78 is 19.7. The topological polar surface area (TPSA) is 41.5 Å². The molecule has 0 aliphatic heterocycles. The monoisotopic (exact) mass is 281 g/mol. The van der Waals surface area contributed by atoms with Crippen LogP contribution in [0.3, 0.4) is 0 Å². The summed E-state index contributed by atoms with van der Waals surface area (Å²) in [7, 11) is 0. The molecule has 0 radical (unpaired) electrons. The number of rotatable bonds is 6. The first-order valence-corrected chi connectivity index (χ1v) is 7.38. The fourth-order valence-electron chi connectivity index (χ4n) is 2.82. The third kappa shape index (κ3) is 3.30. The molecule has 4 heteroatoms. The van der Waals surface area contributed by atoms with E-state index in [0.29, 0.717) is 11.3 Å². The number of benzene rings is 1. The third-order valence-corrected chi connectivity index (χ3v) is 4.07. The fourth-order valence-corrected chi connectivity index (χ4v) is 2.82. The minimum atomic E-state index is -0.282. The normalized spacial score (nSPS) is 25.9. The van der Waals surface area contributed by atoms with Gasteiger partial charge in [-0.25, -0.2) is 4.39 Å². The lowest BCUT2D eigenvalue weighted by Gasteiger charge is -2.28. The largest absolute Gasteiger partial charge is 0.487 e. The van der Waals surface area contributed by atoms with Gasteiger partial charge in [0.05, 0.1) is 6.61 Å². The maximum atomic E-state index is 13.9. The van der Waals surface area contributed by atoms with Crippen LogP contribution in [0.1, 0.15) is 38.2 Å². The Balaban J connectivity index is 2.00. The Hall–Kier alpha value is -1.13. The van der Waals surface area contributed by atoms with Crippen LogP contribution in [0.5, 0.6) is 5.75 Å². The Morgan fingerprint density at radius 2 is 2.30 bits per heavy atom. The second-order valence-corrected chi connectivity index (χ2v) is 5.73. The number of aliphatic hydroxyl groups is 1. The predicted molar refractivity (Wildman–Crippen MR) is 77.5 cm³/mol. The first kappa shape index (κ1) is 15.3. The zero-order valence-corrected chi connectivity index (χ0v) is 12.3. The summed E-state index contributed by atoms with van der Waals surface area (Å²) in [6.07, 6.45) is 3.41. The van der Waals surface area contributed by atoms with E-state index in [1.165, 1.54) is 0 Å². The van der Waals surface area contributed by atoms with Gasteiger partial charge in [-0.15, -0.1) is 0 Å². The molecule has 2 rings (SSSR count). The van der Waals surface area contributed by atoms with Crippen LogP contribution < -0.4 is 10.1 Å². The first-order valence-electron chi connectivity index (χ1n) is 7.38. The molecule has 0 spiro atoms. The quantitative estimate of drug-likeness (QED) is 0.842. The predicted octanol–water partition coefficient (Wildman–Crippen LogP) is 2.80. The van der Waals surface area contributed by atoms with Crippen molar-refractivity contribution >= 4 is 0 Å². The second kappa shape index (κ2) is 6.55. The van der Waals surface area contributed by atoms with Crippen molar-refractivity contribution < 1.29 is 14.2 Å². The average Bonchev–Trinajstić information content (AvgIpc) is 2.86. The molecule has 3 nitrogen and oxygen atoms in total. The Morgan fingerprint density at radius 3 is 3.00 bits per heavy atom. The number of aryl methyl sites for hydroxylation is 1. The van der Waals surface area contributed by atoms with E-state index in [1.54, 1.807) is 25.1 Å². The van der Waals surface area contributed by atoms with E-state index in [0.717, 1.165) is 32.2 Å². The molecule has 20 heavy (non-hydrogen) atoms. The minimum absolute atomic E-state index is 0.0391. The van der Waals surface area contributed by atoms with Gasteiger partial charge in [0, 0.05) is 12.0 Å². The number of hydrogen-bond donors (Lipinski definition) is 2. The standard InChI is InChI=1S/C16H24FNO2/c1-3-9-18-16(11-19)8-7-13(10-16)20-14-6-4-5-12(2)15(14)17/h4-6,13,18-19H,3,7-11H2,1-2H3. The van der Waals surface area contributed by atoms with Crippen LogP contribution in [0.25, 0.3) is 0 Å². The van der Waals surface area contributed by atoms with Gasteiger partial charge in [-0.2, -0.15) is 0 Å². The number of halogens is 1. The van der Waals surface area contributed by atoms with Crippen molar-refractivity contribution in [3.63, 3.8) is 0 Å². The summed E-state index contributed by atoms with van der Waals surface area (Å²) in [4.78, 5) is 0. The highest BCUT2D eigenvalue weighted by atomic mass is 19.1. The maximum absolute atomic E-state index is 13.9. The van der Waals surface area contributed by atoms with Gasteiger partial charge in [-0.1, -0.05) is 19.1 Å². The van der Waals surface area contributed by atoms with E-state index in [4.69, 9.17) is 4.74 Å². The lowest BCUT2D eigenvalue weighted by Crippen LogP contribution is -2.47. The molecule has 0 bridgehead atoms. The van der Waals surface area contributed by atoms with Crippen LogP contribution in [-0.4, -0.2) is 29.9 Å². The second-order valence-electron chi connectivity index (χ2n) is 5.73. The zero-order chi connectivity index (χ0) is 14.6. The molecule has 2 N–H and O–H groups in total. The molecular weight excluding hydrogens is 257 g/mol. The molecule has 1 aromatic rings. The summed E-state index contributed by atoms with van der Waals surface area (Å²) >= 11 is 0. The van der Waals surface area contributed by atoms with Gasteiger partial charge in [0.1, 0.15) is 6.10 Å². The van der Waals surface area contributed by atoms with Crippen LogP contribution in [0.2, 0.25) is 0 Å². The summed E-state index contributed by atoms with van der Waals surface area (Å²) in [5.41, 5.74) is 0.332. The van der Waals surface area contributed by atoms with Crippen molar-refractivity contribution in [3.05, 3.63) is 29.6 Å². The summed E-state index contributed by atoms with van der Waals surface area (Å²) in [5.74, 6) is 0.0368. The SMILES string of the molecule is CCCNC1(CO)CCC(Oc2cccc(C)c2F)C1. The molecule has 0 saturated heterocycles. The minimum Gasteiger partial charge on any atom is -0.487 e. The Labute approximate surface area is 120 Å². The van der Waals surface area contributed by atoms with Crippen molar-refractivity contribution in [2.75, 3.05) is 13.2 Å². The Morgan fingerprint density at radius 1 is 1.50 bits per heavy atom. The number of aliphatic hydroxyl groups excluding tert-OH is 1. The number of nitrogens with one attached hydrogen (secondary N) is 1. The molecule has 0 amide bonds. The molecule has 1 saturated carbocycles. The molecule has 1 aliphatic carbocycles. The third-order valence-electron chi connectivity index (χ3n) is 4.07. The van der Waals surface area contributed by atoms with Crippen LogP contribution in [0, 0.1) is 12.7 Å². The molecule has 1 aromatic carbocycles. The van der Waals surface area contributed by atoms with Crippen molar-refractivity contribution in [2.45, 2.75) is 51.2 Å². The van der Waals surface area contributed by atoms with Crippen molar-refractivity contribution in [3.8, 4) is 5.75 Å². The molecule has 0 heterocycles. The summed E-state index contributed by atoms with van der Waals surface area (Å²) in [6.45, 7) is 4.82. The highest BCUT2D eigenvalue weighted by molar-refractivity contribution is 5.30. The van der Waals surface area contributed by atoms with E-state index in [-0.39, 0.29) is 24.1 Å². The van der Waals surface area contributed by atoms with Crippen molar-refractivity contribution in [1.29, 1.82) is 0 Å². The lowest BCUT2D eigenvalue weighted by molar-refractivity contribution is 0.138. The summed E-state index contributed by atoms with van der Waals surface area (Å²) in [5, 5.41) is 13.0. The smallest absolute Gasteiger partial charge is 0.167 e. The number of ether oxygens (including phenoxy) is 1. The molecule has 0 aromatic heterocycles. The van der Waals surface area contributed by atoms with Crippen LogP contribution in [-0.2, 0) is 0 Å². The van der Waals surface area contributed by atoms with E-state index < -0.39 is 0 Å². The maximum Gasteiger partial charge on any atom is 0.167 e. The van der Waals surface area contributed by atoms with Gasteiger partial charge in [0.15, 0.2) is 11.6 Å². The molecule has 2 unspecified atom stereocenters. The Bertz CT molecular complexity index is 452. The van der Waals surface area contributed by atoms with Gasteiger partial charge in [-0.05, 0) is 44.4 Å². The van der Waals surface area contributed by atoms with Crippen LogP contribution in [0.4, 0.5) is 4.39 Å². The lowest BCUT2D eigenvalue weighted by atomic mass is 9.98. The van der Waals surface area contributed by atoms with Gasteiger partial charge in [0.25, 0.3) is 0 Å². The van der Waals surface area contributed by atoms with E-state index in [1.807, 2.05) is 0 Å².